The van der Waals surface area contributed by atoms with Gasteiger partial charge in [-0.25, -0.2) is 15.0 Å². The number of nitrogen functional groups attached to an aromatic ring is 1. The minimum atomic E-state index is -0.390. The minimum Gasteiger partial charge on any atom is -0.399 e. The van der Waals surface area contributed by atoms with Crippen LogP contribution >= 0.6 is 11.6 Å². The predicted octanol–water partition coefficient (Wildman–Crippen LogP) is 2.03. The fourth-order valence-corrected chi connectivity index (χ4v) is 3.03. The molecule has 1 amide bonds. The molecule has 1 aromatic carbocycles. The van der Waals surface area contributed by atoms with Crippen LogP contribution < -0.4 is 11.5 Å². The van der Waals surface area contributed by atoms with Gasteiger partial charge in [0, 0.05) is 42.3 Å². The molecule has 3 aromatic rings. The van der Waals surface area contributed by atoms with E-state index in [4.69, 9.17) is 27.9 Å². The number of hydrogen-bond donors (Lipinski definition) is 2. The first-order chi connectivity index (χ1) is 12.4. The lowest BCUT2D eigenvalue weighted by molar-refractivity contribution is -0.0760. The van der Waals surface area contributed by atoms with Gasteiger partial charge in [-0.15, -0.1) is 0 Å². The highest BCUT2D eigenvalue weighted by Crippen LogP contribution is 2.33. The number of rotatable bonds is 4. The van der Waals surface area contributed by atoms with Gasteiger partial charge in [-0.3, -0.25) is 14.0 Å². The maximum atomic E-state index is 12.4. The predicted molar refractivity (Wildman–Crippen MR) is 99.6 cm³/mol. The van der Waals surface area contributed by atoms with E-state index in [9.17, 15) is 4.79 Å². The van der Waals surface area contributed by atoms with Gasteiger partial charge in [0.1, 0.15) is 0 Å². The van der Waals surface area contributed by atoms with Crippen molar-refractivity contribution in [1.29, 1.82) is 0 Å². The summed E-state index contributed by atoms with van der Waals surface area (Å²) >= 11 is 6.42. The molecule has 0 aliphatic carbocycles. The van der Waals surface area contributed by atoms with Crippen LogP contribution in [0.1, 0.15) is 21.7 Å². The van der Waals surface area contributed by atoms with E-state index in [1.807, 2.05) is 13.0 Å². The molecule has 0 aliphatic heterocycles. The number of aryl methyl sites for hydroxylation is 1. The Kier molecular flexibility index (Phi) is 4.82. The Hall–Kier alpha value is -2.68. The average Bonchev–Trinajstić information content (AvgIpc) is 3.03. The molecule has 0 saturated heterocycles. The summed E-state index contributed by atoms with van der Waals surface area (Å²) in [6, 6.07) is 5.24. The summed E-state index contributed by atoms with van der Waals surface area (Å²) in [5.41, 5.74) is 15.5. The summed E-state index contributed by atoms with van der Waals surface area (Å²) in [5.74, 6) is -0.0188. The molecule has 9 heteroatoms. The lowest BCUT2D eigenvalue weighted by Gasteiger charge is -2.15. The van der Waals surface area contributed by atoms with Crippen LogP contribution in [0, 0.1) is 6.92 Å². The summed E-state index contributed by atoms with van der Waals surface area (Å²) in [5, 5.41) is 1.57. The van der Waals surface area contributed by atoms with Gasteiger partial charge in [-0.1, -0.05) is 11.6 Å². The highest BCUT2D eigenvalue weighted by molar-refractivity contribution is 6.33. The monoisotopic (exact) mass is 374 g/mol. The summed E-state index contributed by atoms with van der Waals surface area (Å²) in [7, 11) is 2.91. The number of anilines is 1. The molecule has 0 unspecified atom stereocenters. The van der Waals surface area contributed by atoms with Gasteiger partial charge in [-0.05, 0) is 25.1 Å². The van der Waals surface area contributed by atoms with E-state index in [0.717, 1.165) is 21.9 Å². The van der Waals surface area contributed by atoms with Gasteiger partial charge in [0.25, 0.3) is 5.91 Å². The average molecular weight is 375 g/mol. The molecule has 2 heterocycles. The second kappa shape index (κ2) is 6.91. The Morgan fingerprint density at radius 3 is 2.73 bits per heavy atom. The Morgan fingerprint density at radius 2 is 2.12 bits per heavy atom. The molecule has 0 spiro atoms. The molecule has 0 saturated carbocycles. The Bertz CT molecular complexity index is 1000. The summed E-state index contributed by atoms with van der Waals surface area (Å²) in [6.45, 7) is 2.10. The van der Waals surface area contributed by atoms with Crippen molar-refractivity contribution in [3.05, 3.63) is 46.4 Å². The third kappa shape index (κ3) is 2.98. The van der Waals surface area contributed by atoms with E-state index in [1.54, 1.807) is 22.7 Å². The molecule has 0 radical (unpaired) electrons. The number of benzene rings is 1. The quantitative estimate of drug-likeness (QED) is 0.533. The summed E-state index contributed by atoms with van der Waals surface area (Å²) in [6.07, 6.45) is 1.60. The van der Waals surface area contributed by atoms with Crippen molar-refractivity contribution >= 4 is 29.0 Å². The number of aromatic nitrogens is 3. The zero-order valence-corrected chi connectivity index (χ0v) is 15.4. The van der Waals surface area contributed by atoms with E-state index in [-0.39, 0.29) is 18.1 Å². The van der Waals surface area contributed by atoms with Gasteiger partial charge in [-0.2, -0.15) is 0 Å². The van der Waals surface area contributed by atoms with Crippen LogP contribution in [0.5, 0.6) is 0 Å². The molecule has 4 N–H and O–H groups in total. The molecular weight excluding hydrogens is 356 g/mol. The molecule has 136 valence electrons. The molecule has 2 aromatic heterocycles. The molecule has 26 heavy (non-hydrogen) atoms. The van der Waals surface area contributed by atoms with E-state index >= 15 is 0 Å². The molecule has 3 rings (SSSR count). The number of nitrogens with two attached hydrogens (primary N) is 2. The maximum Gasteiger partial charge on any atom is 0.297 e. The normalized spacial score (nSPS) is 11.1. The van der Waals surface area contributed by atoms with Crippen LogP contribution in [0.25, 0.3) is 17.0 Å². The van der Waals surface area contributed by atoms with Crippen LogP contribution in [0.4, 0.5) is 5.69 Å². The fraction of sp³-hybridized carbons (Fsp3) is 0.235. The fourth-order valence-electron chi connectivity index (χ4n) is 2.76. The maximum absolute atomic E-state index is 12.4. The van der Waals surface area contributed by atoms with Crippen molar-refractivity contribution in [1.82, 2.24) is 19.4 Å². The number of hydrogen-bond acceptors (Lipinski definition) is 6. The molecule has 0 fully saturated rings. The summed E-state index contributed by atoms with van der Waals surface area (Å²) in [4.78, 5) is 26.1. The van der Waals surface area contributed by atoms with Crippen LogP contribution in [0.2, 0.25) is 5.02 Å². The Labute approximate surface area is 155 Å². The van der Waals surface area contributed by atoms with E-state index in [1.165, 1.54) is 14.2 Å². The number of nitrogens with zero attached hydrogens (tertiary/aromatic N) is 4. The minimum absolute atomic E-state index is 0.197. The van der Waals surface area contributed by atoms with Crippen molar-refractivity contribution < 1.29 is 9.63 Å². The van der Waals surface area contributed by atoms with Crippen LogP contribution in [-0.4, -0.2) is 39.5 Å². The number of hydroxylamine groups is 2. The van der Waals surface area contributed by atoms with E-state index in [2.05, 4.69) is 9.97 Å². The van der Waals surface area contributed by atoms with Gasteiger partial charge < -0.3 is 11.5 Å². The van der Waals surface area contributed by atoms with Crippen molar-refractivity contribution in [2.45, 2.75) is 13.5 Å². The number of amides is 1. The zero-order valence-electron chi connectivity index (χ0n) is 14.7. The third-order valence-corrected chi connectivity index (χ3v) is 4.46. The SMILES string of the molecule is CON(C)C(=O)c1cn2c(-c3ccc(N)cc3Cl)c(CN)c(C)nc2n1. The number of fused-ring (bicyclic) bond motifs is 1. The first-order valence-corrected chi connectivity index (χ1v) is 8.21. The topological polar surface area (TPSA) is 112 Å². The Balaban J connectivity index is 2.32. The van der Waals surface area contributed by atoms with Crippen molar-refractivity contribution in [2.75, 3.05) is 19.9 Å². The zero-order chi connectivity index (χ0) is 19.0. The highest BCUT2D eigenvalue weighted by Gasteiger charge is 2.21. The van der Waals surface area contributed by atoms with Crippen LogP contribution in [0.15, 0.2) is 24.4 Å². The third-order valence-electron chi connectivity index (χ3n) is 4.15. The Morgan fingerprint density at radius 1 is 1.38 bits per heavy atom. The first-order valence-electron chi connectivity index (χ1n) is 7.83. The van der Waals surface area contributed by atoms with E-state index in [0.29, 0.717) is 22.2 Å². The van der Waals surface area contributed by atoms with Gasteiger partial charge >= 0.3 is 0 Å². The largest absolute Gasteiger partial charge is 0.399 e. The van der Waals surface area contributed by atoms with Gasteiger partial charge in [0.2, 0.25) is 5.78 Å². The molecule has 0 bridgehead atoms. The van der Waals surface area contributed by atoms with Crippen LogP contribution in [-0.2, 0) is 11.4 Å². The summed E-state index contributed by atoms with van der Waals surface area (Å²) < 4.78 is 1.71. The first kappa shape index (κ1) is 18.1. The number of carbonyl (C=O) groups is 1. The number of carbonyl (C=O) groups excluding carboxylic acids is 1. The van der Waals surface area contributed by atoms with Gasteiger partial charge in [0.15, 0.2) is 5.69 Å². The van der Waals surface area contributed by atoms with Crippen molar-refractivity contribution in [2.24, 2.45) is 5.73 Å². The smallest absolute Gasteiger partial charge is 0.297 e. The molecule has 8 nitrogen and oxygen atoms in total. The number of halogens is 1. The van der Waals surface area contributed by atoms with Crippen molar-refractivity contribution in [3.8, 4) is 11.3 Å². The molecular formula is C17H19ClN6O2. The second-order valence-electron chi connectivity index (χ2n) is 5.75. The highest BCUT2D eigenvalue weighted by atomic mass is 35.5. The molecule has 0 aliphatic rings. The van der Waals surface area contributed by atoms with E-state index < -0.39 is 0 Å². The van der Waals surface area contributed by atoms with Gasteiger partial charge in [0.05, 0.1) is 17.8 Å². The number of imidazole rings is 1. The standard InChI is InChI=1S/C17H19ClN6O2/c1-9-12(7-19)15(11-5-4-10(20)6-13(11)18)24-8-14(22-17(24)21-9)16(25)23(2)26-3/h4-6,8H,7,19-20H2,1-3H3. The lowest BCUT2D eigenvalue weighted by atomic mass is 10.0. The van der Waals surface area contributed by atoms with Crippen molar-refractivity contribution in [3.63, 3.8) is 0 Å². The molecule has 0 atom stereocenters. The second-order valence-corrected chi connectivity index (χ2v) is 6.16. The lowest BCUT2D eigenvalue weighted by Crippen LogP contribution is -2.25. The van der Waals surface area contributed by atoms with Crippen LogP contribution in [0.3, 0.4) is 0 Å².